The molecule has 2 heterocycles. The number of thiophene rings is 1. The molecule has 0 spiro atoms. The third-order valence-electron chi connectivity index (χ3n) is 3.36. The first-order valence-corrected chi connectivity index (χ1v) is 9.77. The molecule has 26 heavy (non-hydrogen) atoms. The first-order chi connectivity index (χ1) is 12.7. The van der Waals surface area contributed by atoms with Crippen LogP contribution in [-0.4, -0.2) is 27.6 Å². The number of aryl methyl sites for hydroxylation is 1. The van der Waals surface area contributed by atoms with Crippen LogP contribution in [0.15, 0.2) is 53.7 Å². The van der Waals surface area contributed by atoms with Crippen molar-refractivity contribution in [1.82, 2.24) is 15.0 Å². The van der Waals surface area contributed by atoms with E-state index in [9.17, 15) is 0 Å². The maximum Gasteiger partial charge on any atom is 0.156 e. The first kappa shape index (κ1) is 20.6. The fourth-order valence-electron chi connectivity index (χ4n) is 2.01. The summed E-state index contributed by atoms with van der Waals surface area (Å²) in [5, 5.41) is 5.09. The summed E-state index contributed by atoms with van der Waals surface area (Å²) in [5.41, 5.74) is 6.04. The van der Waals surface area contributed by atoms with Gasteiger partial charge in [0.05, 0.1) is 16.7 Å². The summed E-state index contributed by atoms with van der Waals surface area (Å²) in [4.78, 5) is 11.9. The van der Waals surface area contributed by atoms with Crippen molar-refractivity contribution in [2.75, 3.05) is 6.61 Å². The zero-order valence-corrected chi connectivity index (χ0v) is 16.4. The van der Waals surface area contributed by atoms with Crippen molar-refractivity contribution in [3.8, 4) is 5.75 Å². The highest BCUT2D eigenvalue weighted by molar-refractivity contribution is 7.07. The minimum Gasteiger partial charge on any atom is -0.490 e. The van der Waals surface area contributed by atoms with Gasteiger partial charge >= 0.3 is 0 Å². The van der Waals surface area contributed by atoms with Crippen LogP contribution in [0, 0.1) is 0 Å². The van der Waals surface area contributed by atoms with E-state index in [1.54, 1.807) is 29.5 Å². The summed E-state index contributed by atoms with van der Waals surface area (Å²) in [6, 6.07) is 9.29. The highest BCUT2D eigenvalue weighted by Crippen LogP contribution is 2.32. The molecule has 0 fully saturated rings. The van der Waals surface area contributed by atoms with Gasteiger partial charge in [0, 0.05) is 12.5 Å². The highest BCUT2D eigenvalue weighted by Gasteiger charge is 2.09. The second kappa shape index (κ2) is 11.8. The van der Waals surface area contributed by atoms with Gasteiger partial charge in [0.1, 0.15) is 18.5 Å². The predicted octanol–water partition coefficient (Wildman–Crippen LogP) is 4.66. The van der Waals surface area contributed by atoms with Gasteiger partial charge in [-0.1, -0.05) is 41.4 Å². The Kier molecular flexibility index (Phi) is 9.34. The standard InChI is InChI=1S/C14H16Cl2N4O.C4H4S/c15-11-2-1-3-12(16)14(11)21-7-6-10(17)4-5-13-19-8-18-9-20-13;1-2-4-5-3-1/h1-3,8-10H,4-7,17H2;1-4H. The molecule has 0 bridgehead atoms. The molecule has 0 radical (unpaired) electrons. The van der Waals surface area contributed by atoms with Crippen molar-refractivity contribution in [3.63, 3.8) is 0 Å². The highest BCUT2D eigenvalue weighted by atomic mass is 35.5. The van der Waals surface area contributed by atoms with Crippen LogP contribution in [0.4, 0.5) is 0 Å². The lowest BCUT2D eigenvalue weighted by atomic mass is 10.1. The molecule has 1 atom stereocenters. The molecule has 5 nitrogen and oxygen atoms in total. The molecule has 1 aromatic carbocycles. The van der Waals surface area contributed by atoms with Gasteiger partial charge in [-0.3, -0.25) is 0 Å². The van der Waals surface area contributed by atoms with E-state index in [-0.39, 0.29) is 6.04 Å². The van der Waals surface area contributed by atoms with Gasteiger partial charge in [-0.2, -0.15) is 11.3 Å². The molecular weight excluding hydrogens is 391 g/mol. The third kappa shape index (κ3) is 7.66. The Morgan fingerprint density at radius 3 is 2.23 bits per heavy atom. The van der Waals surface area contributed by atoms with E-state index in [2.05, 4.69) is 15.0 Å². The molecule has 3 rings (SSSR count). The van der Waals surface area contributed by atoms with Crippen LogP contribution in [-0.2, 0) is 6.42 Å². The van der Waals surface area contributed by atoms with Crippen molar-refractivity contribution in [2.45, 2.75) is 25.3 Å². The molecule has 0 saturated carbocycles. The number of nitrogens with two attached hydrogens (primary N) is 1. The van der Waals surface area contributed by atoms with Gasteiger partial charge in [0.15, 0.2) is 5.75 Å². The SMILES string of the molecule is NC(CCOc1c(Cl)cccc1Cl)CCc1ncncn1.c1ccsc1. The quantitative estimate of drug-likeness (QED) is 0.612. The Hall–Kier alpha value is -1.73. The fourth-order valence-corrected chi connectivity index (χ4v) is 2.97. The number of ether oxygens (including phenoxy) is 1. The van der Waals surface area contributed by atoms with Crippen molar-refractivity contribution in [1.29, 1.82) is 0 Å². The first-order valence-electron chi connectivity index (χ1n) is 8.07. The normalized spacial score (nSPS) is 11.3. The van der Waals surface area contributed by atoms with Gasteiger partial charge in [0.25, 0.3) is 0 Å². The van der Waals surface area contributed by atoms with Gasteiger partial charge in [-0.25, -0.2) is 15.0 Å². The zero-order chi connectivity index (χ0) is 18.6. The average Bonchev–Trinajstić information content (AvgIpc) is 3.23. The van der Waals surface area contributed by atoms with Crippen LogP contribution in [0.5, 0.6) is 5.75 Å². The maximum absolute atomic E-state index is 6.04. The second-order valence-electron chi connectivity index (χ2n) is 5.33. The van der Waals surface area contributed by atoms with E-state index in [1.807, 2.05) is 22.9 Å². The molecule has 2 aromatic heterocycles. The molecule has 138 valence electrons. The van der Waals surface area contributed by atoms with Crippen LogP contribution in [0.3, 0.4) is 0 Å². The van der Waals surface area contributed by atoms with Crippen molar-refractivity contribution in [2.24, 2.45) is 5.73 Å². The summed E-state index contributed by atoms with van der Waals surface area (Å²) < 4.78 is 5.61. The monoisotopic (exact) mass is 410 g/mol. The Labute approximate surface area is 167 Å². The van der Waals surface area contributed by atoms with E-state index in [4.69, 9.17) is 33.7 Å². The van der Waals surface area contributed by atoms with Gasteiger partial charge < -0.3 is 10.5 Å². The Morgan fingerprint density at radius 2 is 1.65 bits per heavy atom. The number of para-hydroxylation sites is 1. The average molecular weight is 411 g/mol. The van der Waals surface area contributed by atoms with E-state index in [0.29, 0.717) is 28.8 Å². The lowest BCUT2D eigenvalue weighted by molar-refractivity contribution is 0.294. The molecule has 0 aliphatic carbocycles. The van der Waals surface area contributed by atoms with Crippen LogP contribution in [0.25, 0.3) is 0 Å². The Bertz CT molecular complexity index is 707. The smallest absolute Gasteiger partial charge is 0.156 e. The number of halogens is 2. The summed E-state index contributed by atoms with van der Waals surface area (Å²) in [6.07, 6.45) is 5.17. The zero-order valence-electron chi connectivity index (χ0n) is 14.1. The number of hydrogen-bond donors (Lipinski definition) is 1. The largest absolute Gasteiger partial charge is 0.490 e. The minimum atomic E-state index is 0.00280. The lowest BCUT2D eigenvalue weighted by Gasteiger charge is -2.13. The molecule has 0 aliphatic heterocycles. The molecule has 0 aliphatic rings. The lowest BCUT2D eigenvalue weighted by Crippen LogP contribution is -2.23. The summed E-state index contributed by atoms with van der Waals surface area (Å²) in [6.45, 7) is 0.460. The fraction of sp³-hybridized carbons (Fsp3) is 0.278. The summed E-state index contributed by atoms with van der Waals surface area (Å²) >= 11 is 13.8. The summed E-state index contributed by atoms with van der Waals surface area (Å²) in [5.74, 6) is 1.25. The number of hydrogen-bond acceptors (Lipinski definition) is 6. The molecule has 1 unspecified atom stereocenters. The van der Waals surface area contributed by atoms with Gasteiger partial charge in [0.2, 0.25) is 0 Å². The second-order valence-corrected chi connectivity index (χ2v) is 6.97. The van der Waals surface area contributed by atoms with E-state index in [0.717, 1.165) is 18.7 Å². The van der Waals surface area contributed by atoms with Crippen LogP contribution in [0.2, 0.25) is 10.0 Å². The number of benzene rings is 1. The molecular formula is C18H20Cl2N4OS. The van der Waals surface area contributed by atoms with Crippen molar-refractivity contribution >= 4 is 34.5 Å². The Morgan fingerprint density at radius 1 is 1.00 bits per heavy atom. The number of rotatable bonds is 7. The number of aromatic nitrogens is 3. The minimum absolute atomic E-state index is 0.00280. The molecule has 0 saturated heterocycles. The molecule has 3 aromatic rings. The third-order valence-corrected chi connectivity index (χ3v) is 4.59. The molecule has 8 heteroatoms. The molecule has 2 N–H and O–H groups in total. The van der Waals surface area contributed by atoms with Crippen LogP contribution < -0.4 is 10.5 Å². The molecule has 0 amide bonds. The predicted molar refractivity (Wildman–Crippen MR) is 107 cm³/mol. The number of nitrogens with zero attached hydrogens (tertiary/aromatic N) is 3. The topological polar surface area (TPSA) is 73.9 Å². The van der Waals surface area contributed by atoms with Crippen LogP contribution in [0.1, 0.15) is 18.7 Å². The van der Waals surface area contributed by atoms with Crippen LogP contribution >= 0.6 is 34.5 Å². The van der Waals surface area contributed by atoms with Gasteiger partial charge in [-0.15, -0.1) is 0 Å². The van der Waals surface area contributed by atoms with Crippen molar-refractivity contribution < 1.29 is 4.74 Å². The maximum atomic E-state index is 6.04. The van der Waals surface area contributed by atoms with E-state index in [1.165, 1.54) is 12.7 Å². The Balaban J connectivity index is 0.000000417. The van der Waals surface area contributed by atoms with E-state index >= 15 is 0 Å². The van der Waals surface area contributed by atoms with Crippen molar-refractivity contribution in [3.05, 3.63) is 69.6 Å². The van der Waals surface area contributed by atoms with E-state index < -0.39 is 0 Å². The van der Waals surface area contributed by atoms with Gasteiger partial charge in [-0.05, 0) is 35.7 Å². The summed E-state index contributed by atoms with van der Waals surface area (Å²) in [7, 11) is 0.